The summed E-state index contributed by atoms with van der Waals surface area (Å²) in [6.07, 6.45) is 3.87. The van der Waals surface area contributed by atoms with E-state index in [1.54, 1.807) is 6.92 Å². The molecule has 2 unspecified atom stereocenters. The number of allylic oxidation sites excluding steroid dienone is 1. The Morgan fingerprint density at radius 1 is 1.10 bits per heavy atom. The van der Waals surface area contributed by atoms with E-state index in [0.717, 1.165) is 12.8 Å². The predicted molar refractivity (Wildman–Crippen MR) is 80.8 cm³/mol. The molecule has 0 aliphatic heterocycles. The predicted octanol–water partition coefficient (Wildman–Crippen LogP) is 4.98. The molecule has 0 spiro atoms. The van der Waals surface area contributed by atoms with E-state index in [1.807, 2.05) is 13.0 Å². The Morgan fingerprint density at radius 3 is 2.19 bits per heavy atom. The molecule has 0 fully saturated rings. The maximum absolute atomic E-state index is 13.8. The molecule has 21 heavy (non-hydrogen) atoms. The molecule has 2 nitrogen and oxygen atoms in total. The summed E-state index contributed by atoms with van der Waals surface area (Å²) in [5.74, 6) is -1.43. The van der Waals surface area contributed by atoms with E-state index in [2.05, 4.69) is 13.5 Å². The summed E-state index contributed by atoms with van der Waals surface area (Å²) in [5.41, 5.74) is 0. The van der Waals surface area contributed by atoms with Crippen molar-refractivity contribution in [1.82, 2.24) is 0 Å². The summed E-state index contributed by atoms with van der Waals surface area (Å²) in [4.78, 5) is 0. The molecular formula is C17H24F2O2. The van der Waals surface area contributed by atoms with Crippen molar-refractivity contribution in [3.63, 3.8) is 0 Å². The van der Waals surface area contributed by atoms with Crippen LogP contribution < -0.4 is 9.47 Å². The summed E-state index contributed by atoms with van der Waals surface area (Å²) in [7, 11) is 0. The third kappa shape index (κ3) is 5.37. The van der Waals surface area contributed by atoms with Gasteiger partial charge in [-0.2, -0.15) is 8.78 Å². The second-order valence-corrected chi connectivity index (χ2v) is 5.33. The van der Waals surface area contributed by atoms with Crippen LogP contribution in [0.3, 0.4) is 0 Å². The molecule has 0 N–H and O–H groups in total. The average molecular weight is 298 g/mol. The van der Waals surface area contributed by atoms with Crippen LogP contribution in [0.5, 0.6) is 11.5 Å². The van der Waals surface area contributed by atoms with Crippen molar-refractivity contribution < 1.29 is 18.3 Å². The van der Waals surface area contributed by atoms with Crippen LogP contribution in [-0.2, 0) is 0 Å². The Hall–Kier alpha value is -1.58. The maximum Gasteiger partial charge on any atom is 0.204 e. The highest BCUT2D eigenvalue weighted by atomic mass is 19.2. The van der Waals surface area contributed by atoms with Crippen LogP contribution in [0.25, 0.3) is 0 Å². The van der Waals surface area contributed by atoms with Gasteiger partial charge in [-0.15, -0.1) is 6.58 Å². The van der Waals surface area contributed by atoms with Gasteiger partial charge in [-0.1, -0.05) is 19.9 Å². The van der Waals surface area contributed by atoms with Crippen molar-refractivity contribution >= 4 is 0 Å². The molecule has 0 aliphatic carbocycles. The number of ether oxygens (including phenoxy) is 2. The van der Waals surface area contributed by atoms with Crippen molar-refractivity contribution in [3.05, 3.63) is 36.4 Å². The summed E-state index contributed by atoms with van der Waals surface area (Å²) in [5, 5.41) is 0. The molecule has 0 amide bonds. The summed E-state index contributed by atoms with van der Waals surface area (Å²) >= 11 is 0. The standard InChI is InChI=1S/C17H24F2O2/c1-5-12(3)7-8-13(4)11-21-15-10-9-14(20-6-2)16(18)17(15)19/h5,9-10,12-13H,1,6-8,11H2,2-4H3. The number of benzene rings is 1. The zero-order chi connectivity index (χ0) is 15.8. The van der Waals surface area contributed by atoms with Gasteiger partial charge >= 0.3 is 0 Å². The van der Waals surface area contributed by atoms with Crippen LogP contribution in [0.2, 0.25) is 0 Å². The van der Waals surface area contributed by atoms with E-state index in [4.69, 9.17) is 9.47 Å². The minimum atomic E-state index is -0.998. The molecule has 2 atom stereocenters. The Kier molecular flexibility index (Phi) is 7.20. The van der Waals surface area contributed by atoms with E-state index in [0.29, 0.717) is 12.5 Å². The first kappa shape index (κ1) is 17.5. The van der Waals surface area contributed by atoms with E-state index in [-0.39, 0.29) is 24.0 Å². The zero-order valence-corrected chi connectivity index (χ0v) is 13.0. The van der Waals surface area contributed by atoms with E-state index in [1.165, 1.54) is 12.1 Å². The van der Waals surface area contributed by atoms with Crippen LogP contribution in [0, 0.1) is 23.5 Å². The van der Waals surface area contributed by atoms with Gasteiger partial charge in [0.15, 0.2) is 11.5 Å². The molecule has 4 heteroatoms. The SMILES string of the molecule is C=CC(C)CCC(C)COc1ccc(OCC)c(F)c1F. The second kappa shape index (κ2) is 8.65. The van der Waals surface area contributed by atoms with Gasteiger partial charge in [-0.25, -0.2) is 0 Å². The molecule has 1 aromatic carbocycles. The van der Waals surface area contributed by atoms with Crippen molar-refractivity contribution in [2.24, 2.45) is 11.8 Å². The minimum Gasteiger partial charge on any atom is -0.491 e. The van der Waals surface area contributed by atoms with Crippen molar-refractivity contribution in [2.75, 3.05) is 13.2 Å². The Bertz CT molecular complexity index is 460. The monoisotopic (exact) mass is 298 g/mol. The number of hydrogen-bond donors (Lipinski definition) is 0. The summed E-state index contributed by atoms with van der Waals surface area (Å²) in [6, 6.07) is 2.80. The summed E-state index contributed by atoms with van der Waals surface area (Å²) in [6.45, 7) is 10.2. The van der Waals surface area contributed by atoms with Gasteiger partial charge in [0.1, 0.15) is 0 Å². The smallest absolute Gasteiger partial charge is 0.204 e. The molecule has 0 saturated heterocycles. The molecule has 0 heterocycles. The highest BCUT2D eigenvalue weighted by Gasteiger charge is 2.16. The van der Waals surface area contributed by atoms with Gasteiger partial charge < -0.3 is 9.47 Å². The minimum absolute atomic E-state index is 0.0698. The lowest BCUT2D eigenvalue weighted by Crippen LogP contribution is -2.11. The van der Waals surface area contributed by atoms with Crippen LogP contribution in [0.4, 0.5) is 8.78 Å². The van der Waals surface area contributed by atoms with Gasteiger partial charge in [0.25, 0.3) is 0 Å². The topological polar surface area (TPSA) is 18.5 Å². The fraction of sp³-hybridized carbons (Fsp3) is 0.529. The molecule has 0 aliphatic rings. The van der Waals surface area contributed by atoms with Crippen molar-refractivity contribution in [3.8, 4) is 11.5 Å². The first-order chi connectivity index (χ1) is 9.99. The normalized spacial score (nSPS) is 13.6. The van der Waals surface area contributed by atoms with E-state index in [9.17, 15) is 8.78 Å². The lowest BCUT2D eigenvalue weighted by molar-refractivity contribution is 0.232. The van der Waals surface area contributed by atoms with E-state index < -0.39 is 11.6 Å². The number of rotatable bonds is 9. The molecular weight excluding hydrogens is 274 g/mol. The zero-order valence-electron chi connectivity index (χ0n) is 13.0. The molecule has 0 saturated carbocycles. The number of halogens is 2. The quantitative estimate of drug-likeness (QED) is 0.599. The molecule has 1 rings (SSSR count). The third-order valence-corrected chi connectivity index (χ3v) is 3.35. The first-order valence-electron chi connectivity index (χ1n) is 7.35. The highest BCUT2D eigenvalue weighted by Crippen LogP contribution is 2.28. The molecule has 0 bridgehead atoms. The molecule has 1 aromatic rings. The van der Waals surface area contributed by atoms with Crippen LogP contribution in [0.15, 0.2) is 24.8 Å². The van der Waals surface area contributed by atoms with Crippen molar-refractivity contribution in [2.45, 2.75) is 33.6 Å². The van der Waals surface area contributed by atoms with Gasteiger partial charge in [0, 0.05) is 0 Å². The molecule has 0 aromatic heterocycles. The Balaban J connectivity index is 2.55. The fourth-order valence-corrected chi connectivity index (χ4v) is 1.87. The Labute approximate surface area is 125 Å². The van der Waals surface area contributed by atoms with Gasteiger partial charge in [-0.05, 0) is 43.7 Å². The van der Waals surface area contributed by atoms with E-state index >= 15 is 0 Å². The third-order valence-electron chi connectivity index (χ3n) is 3.35. The van der Waals surface area contributed by atoms with Gasteiger partial charge in [0.2, 0.25) is 11.6 Å². The van der Waals surface area contributed by atoms with Gasteiger partial charge in [0.05, 0.1) is 13.2 Å². The Morgan fingerprint density at radius 2 is 1.67 bits per heavy atom. The summed E-state index contributed by atoms with van der Waals surface area (Å²) < 4.78 is 37.9. The van der Waals surface area contributed by atoms with Gasteiger partial charge in [-0.3, -0.25) is 0 Å². The largest absolute Gasteiger partial charge is 0.491 e. The highest BCUT2D eigenvalue weighted by molar-refractivity contribution is 5.35. The lowest BCUT2D eigenvalue weighted by atomic mass is 9.99. The molecule has 118 valence electrons. The molecule has 0 radical (unpaired) electrons. The maximum atomic E-state index is 13.8. The second-order valence-electron chi connectivity index (χ2n) is 5.33. The lowest BCUT2D eigenvalue weighted by Gasteiger charge is -2.15. The van der Waals surface area contributed by atoms with Crippen molar-refractivity contribution in [1.29, 1.82) is 0 Å². The van der Waals surface area contributed by atoms with Crippen LogP contribution in [0.1, 0.15) is 33.6 Å². The van der Waals surface area contributed by atoms with Crippen LogP contribution in [-0.4, -0.2) is 13.2 Å². The fourth-order valence-electron chi connectivity index (χ4n) is 1.87. The average Bonchev–Trinajstić information content (AvgIpc) is 2.48. The first-order valence-corrected chi connectivity index (χ1v) is 7.35. The van der Waals surface area contributed by atoms with Crippen LogP contribution >= 0.6 is 0 Å². The number of hydrogen-bond acceptors (Lipinski definition) is 2.